The summed E-state index contributed by atoms with van der Waals surface area (Å²) in [6.07, 6.45) is 4.62. The van der Waals surface area contributed by atoms with E-state index in [0.29, 0.717) is 22.2 Å². The molecule has 0 aromatic heterocycles. The zero-order chi connectivity index (χ0) is 17.8. The van der Waals surface area contributed by atoms with E-state index in [4.69, 9.17) is 23.2 Å². The second-order valence-corrected chi connectivity index (χ2v) is 6.53. The monoisotopic (exact) mass is 374 g/mol. The van der Waals surface area contributed by atoms with Crippen molar-refractivity contribution in [2.45, 2.75) is 12.8 Å². The summed E-state index contributed by atoms with van der Waals surface area (Å²) in [5, 5.41) is 3.61. The summed E-state index contributed by atoms with van der Waals surface area (Å²) in [7, 11) is 0. The Morgan fingerprint density at radius 3 is 2.56 bits per heavy atom. The minimum Gasteiger partial charge on any atom is -0.321 e. The number of nitrogens with zero attached hydrogens (tertiary/aromatic N) is 1. The first-order valence-electron chi connectivity index (χ1n) is 7.87. The summed E-state index contributed by atoms with van der Waals surface area (Å²) in [6.45, 7) is 0.761. The number of rotatable bonds is 4. The number of hydrogen-bond donors (Lipinski definition) is 1. The smallest absolute Gasteiger partial charge is 0.248 e. The van der Waals surface area contributed by atoms with Crippen molar-refractivity contribution in [1.29, 1.82) is 0 Å². The van der Waals surface area contributed by atoms with E-state index in [1.165, 1.54) is 6.08 Å². The summed E-state index contributed by atoms with van der Waals surface area (Å²) in [6, 6.07) is 12.4. The Morgan fingerprint density at radius 2 is 1.88 bits per heavy atom. The zero-order valence-corrected chi connectivity index (χ0v) is 14.8. The largest absolute Gasteiger partial charge is 0.321 e. The maximum Gasteiger partial charge on any atom is 0.248 e. The van der Waals surface area contributed by atoms with Crippen LogP contribution >= 0.6 is 23.2 Å². The fraction of sp³-hybridized carbons (Fsp3) is 0.158. The number of carbonyl (C=O) groups is 2. The van der Waals surface area contributed by atoms with Gasteiger partial charge in [-0.1, -0.05) is 35.3 Å². The lowest BCUT2D eigenvalue weighted by molar-refractivity contribution is -0.117. The van der Waals surface area contributed by atoms with Crippen LogP contribution < -0.4 is 10.2 Å². The molecule has 0 spiro atoms. The van der Waals surface area contributed by atoms with E-state index in [1.54, 1.807) is 29.2 Å². The second kappa shape index (κ2) is 7.72. The molecular weight excluding hydrogens is 359 g/mol. The molecule has 25 heavy (non-hydrogen) atoms. The molecule has 1 heterocycles. The maximum atomic E-state index is 12.0. The summed E-state index contributed by atoms with van der Waals surface area (Å²) >= 11 is 11.9. The van der Waals surface area contributed by atoms with E-state index in [1.807, 2.05) is 24.3 Å². The molecule has 0 radical (unpaired) electrons. The molecule has 0 atom stereocenters. The topological polar surface area (TPSA) is 49.4 Å². The van der Waals surface area contributed by atoms with Gasteiger partial charge in [-0.05, 0) is 48.4 Å². The lowest BCUT2D eigenvalue weighted by Gasteiger charge is -2.15. The maximum absolute atomic E-state index is 12.0. The molecule has 6 heteroatoms. The van der Waals surface area contributed by atoms with Crippen LogP contribution in [0.1, 0.15) is 18.4 Å². The highest BCUT2D eigenvalue weighted by Crippen LogP contribution is 2.25. The van der Waals surface area contributed by atoms with Gasteiger partial charge in [0.2, 0.25) is 11.8 Å². The Bertz CT molecular complexity index is 832. The van der Waals surface area contributed by atoms with Crippen LogP contribution in [-0.4, -0.2) is 18.4 Å². The van der Waals surface area contributed by atoms with Gasteiger partial charge in [-0.3, -0.25) is 9.59 Å². The van der Waals surface area contributed by atoms with Crippen molar-refractivity contribution in [3.05, 3.63) is 64.1 Å². The number of benzene rings is 2. The molecule has 3 rings (SSSR count). The van der Waals surface area contributed by atoms with Crippen LogP contribution in [0.2, 0.25) is 10.0 Å². The standard InChI is InChI=1S/C19H16Cl2N2O2/c20-14-6-9-16(21)17(12-14)22-18(24)10-5-13-3-7-15(8-4-13)23-11-1-2-19(23)25/h3-10,12H,1-2,11H2,(H,22,24)/b10-5+. The van der Waals surface area contributed by atoms with E-state index in [2.05, 4.69) is 5.32 Å². The lowest BCUT2D eigenvalue weighted by atomic mass is 10.2. The van der Waals surface area contributed by atoms with E-state index in [9.17, 15) is 9.59 Å². The molecule has 2 aromatic rings. The third-order valence-electron chi connectivity index (χ3n) is 3.89. The average Bonchev–Trinajstić information content (AvgIpc) is 3.03. The molecule has 0 aliphatic carbocycles. The van der Waals surface area contributed by atoms with Gasteiger partial charge in [-0.15, -0.1) is 0 Å². The predicted molar refractivity (Wildman–Crippen MR) is 102 cm³/mol. The summed E-state index contributed by atoms with van der Waals surface area (Å²) in [5.74, 6) is -0.149. The number of carbonyl (C=O) groups excluding carboxylic acids is 2. The van der Waals surface area contributed by atoms with Crippen LogP contribution in [-0.2, 0) is 9.59 Å². The third-order valence-corrected chi connectivity index (χ3v) is 4.46. The van der Waals surface area contributed by atoms with Gasteiger partial charge in [0.05, 0.1) is 10.7 Å². The Hall–Kier alpha value is -2.30. The van der Waals surface area contributed by atoms with Gasteiger partial charge in [-0.25, -0.2) is 0 Å². The fourth-order valence-corrected chi connectivity index (χ4v) is 2.96. The molecule has 128 valence electrons. The molecular formula is C19H16Cl2N2O2. The normalized spacial score (nSPS) is 14.3. The highest BCUT2D eigenvalue weighted by atomic mass is 35.5. The van der Waals surface area contributed by atoms with Gasteiger partial charge in [0.25, 0.3) is 0 Å². The van der Waals surface area contributed by atoms with Crippen molar-refractivity contribution < 1.29 is 9.59 Å². The van der Waals surface area contributed by atoms with E-state index in [-0.39, 0.29) is 11.8 Å². The van der Waals surface area contributed by atoms with Gasteiger partial charge >= 0.3 is 0 Å². The van der Waals surface area contributed by atoms with E-state index in [0.717, 1.165) is 24.2 Å². The minimum atomic E-state index is -0.303. The minimum absolute atomic E-state index is 0.154. The molecule has 1 N–H and O–H groups in total. The highest BCUT2D eigenvalue weighted by Gasteiger charge is 2.21. The van der Waals surface area contributed by atoms with Gasteiger partial charge < -0.3 is 10.2 Å². The van der Waals surface area contributed by atoms with Crippen LogP contribution in [0, 0.1) is 0 Å². The zero-order valence-electron chi connectivity index (χ0n) is 13.3. The van der Waals surface area contributed by atoms with Crippen molar-refractivity contribution in [2.75, 3.05) is 16.8 Å². The first-order valence-corrected chi connectivity index (χ1v) is 8.63. The molecule has 0 bridgehead atoms. The van der Waals surface area contributed by atoms with Crippen molar-refractivity contribution >= 4 is 52.5 Å². The van der Waals surface area contributed by atoms with Crippen molar-refractivity contribution in [1.82, 2.24) is 0 Å². The van der Waals surface area contributed by atoms with Gasteiger partial charge in [-0.2, -0.15) is 0 Å². The first kappa shape index (κ1) is 17.5. The molecule has 2 aromatic carbocycles. The van der Waals surface area contributed by atoms with Crippen LogP contribution in [0.3, 0.4) is 0 Å². The molecule has 1 fully saturated rings. The van der Waals surface area contributed by atoms with Crippen LogP contribution in [0.4, 0.5) is 11.4 Å². The second-order valence-electron chi connectivity index (χ2n) is 5.69. The molecule has 1 saturated heterocycles. The quantitative estimate of drug-likeness (QED) is 0.783. The number of amides is 2. The first-order chi connectivity index (χ1) is 12.0. The predicted octanol–water partition coefficient (Wildman–Crippen LogP) is 4.77. The highest BCUT2D eigenvalue weighted by molar-refractivity contribution is 6.35. The number of nitrogens with one attached hydrogen (secondary N) is 1. The Kier molecular flexibility index (Phi) is 5.41. The SMILES string of the molecule is O=C(/C=C/c1ccc(N2CCCC2=O)cc1)Nc1cc(Cl)ccc1Cl. The van der Waals surface area contributed by atoms with Crippen LogP contribution in [0.15, 0.2) is 48.5 Å². The van der Waals surface area contributed by atoms with Crippen molar-refractivity contribution in [3.63, 3.8) is 0 Å². The number of halogens is 2. The summed E-state index contributed by atoms with van der Waals surface area (Å²) in [5.41, 5.74) is 2.21. The number of hydrogen-bond acceptors (Lipinski definition) is 2. The van der Waals surface area contributed by atoms with Crippen molar-refractivity contribution in [2.24, 2.45) is 0 Å². The Morgan fingerprint density at radius 1 is 1.12 bits per heavy atom. The molecule has 4 nitrogen and oxygen atoms in total. The summed E-state index contributed by atoms with van der Waals surface area (Å²) < 4.78 is 0. The molecule has 2 amide bonds. The summed E-state index contributed by atoms with van der Waals surface area (Å²) in [4.78, 5) is 25.5. The third kappa shape index (κ3) is 4.41. The Labute approximate surface area is 156 Å². The molecule has 1 aliphatic rings. The molecule has 1 aliphatic heterocycles. The van der Waals surface area contributed by atoms with Gasteiger partial charge in [0.15, 0.2) is 0 Å². The van der Waals surface area contributed by atoms with Crippen LogP contribution in [0.5, 0.6) is 0 Å². The van der Waals surface area contributed by atoms with Crippen LogP contribution in [0.25, 0.3) is 6.08 Å². The van der Waals surface area contributed by atoms with E-state index < -0.39 is 0 Å². The van der Waals surface area contributed by atoms with Gasteiger partial charge in [0.1, 0.15) is 0 Å². The van der Waals surface area contributed by atoms with E-state index >= 15 is 0 Å². The van der Waals surface area contributed by atoms with Gasteiger partial charge in [0, 0.05) is 29.8 Å². The average molecular weight is 375 g/mol. The van der Waals surface area contributed by atoms with Crippen molar-refractivity contribution in [3.8, 4) is 0 Å². The Balaban J connectivity index is 1.64. The lowest BCUT2D eigenvalue weighted by Crippen LogP contribution is -2.23. The fourth-order valence-electron chi connectivity index (χ4n) is 2.63. The molecule has 0 unspecified atom stereocenters. The molecule has 0 saturated carbocycles. The number of anilines is 2.